The molecule has 0 radical (unpaired) electrons. The number of nitrogens with one attached hydrogen (secondary N) is 1. The summed E-state index contributed by atoms with van der Waals surface area (Å²) in [6.07, 6.45) is 3.51. The van der Waals surface area contributed by atoms with Crippen LogP contribution in [0.2, 0.25) is 0 Å². The lowest BCUT2D eigenvalue weighted by atomic mass is 10.3. The molecule has 1 heterocycles. The van der Waals surface area contributed by atoms with E-state index >= 15 is 0 Å². The first-order chi connectivity index (χ1) is 6.11. The van der Waals surface area contributed by atoms with Gasteiger partial charge in [0, 0.05) is 25.1 Å². The van der Waals surface area contributed by atoms with E-state index in [4.69, 9.17) is 0 Å². The molecule has 13 heavy (non-hydrogen) atoms. The molecule has 0 aliphatic carbocycles. The van der Waals surface area contributed by atoms with Gasteiger partial charge in [0.15, 0.2) is 0 Å². The fourth-order valence-electron chi connectivity index (χ4n) is 1.24. The molecule has 0 bridgehead atoms. The van der Waals surface area contributed by atoms with Crippen LogP contribution in [0.5, 0.6) is 0 Å². The van der Waals surface area contributed by atoms with Gasteiger partial charge in [-0.3, -0.25) is 14.5 Å². The van der Waals surface area contributed by atoms with Gasteiger partial charge in [0.1, 0.15) is 0 Å². The van der Waals surface area contributed by atoms with Crippen molar-refractivity contribution < 1.29 is 14.5 Å². The Bertz CT molecular complexity index is 228. The zero-order valence-electron chi connectivity index (χ0n) is 8.04. The molecule has 0 fully saturated rings. The Labute approximate surface area is 77.8 Å². The molecule has 1 aliphatic rings. The highest BCUT2D eigenvalue weighted by Crippen LogP contribution is 2.02. The van der Waals surface area contributed by atoms with Crippen LogP contribution in [0.25, 0.3) is 0 Å². The van der Waals surface area contributed by atoms with Gasteiger partial charge in [-0.1, -0.05) is 0 Å². The van der Waals surface area contributed by atoms with Crippen LogP contribution in [0.15, 0.2) is 12.2 Å². The predicted molar refractivity (Wildman–Crippen MR) is 48.2 cm³/mol. The van der Waals surface area contributed by atoms with Crippen LogP contribution in [-0.2, 0) is 9.59 Å². The fraction of sp³-hybridized carbons (Fsp3) is 0.556. The number of imide groups is 1. The highest BCUT2D eigenvalue weighted by atomic mass is 16.2. The summed E-state index contributed by atoms with van der Waals surface area (Å²) in [6.45, 7) is 1.51. The average Bonchev–Trinajstić information content (AvgIpc) is 2.34. The lowest BCUT2D eigenvalue weighted by molar-refractivity contribution is -0.858. The van der Waals surface area contributed by atoms with Crippen molar-refractivity contribution in [3.63, 3.8) is 0 Å². The van der Waals surface area contributed by atoms with E-state index in [9.17, 15) is 9.59 Å². The largest absolute Gasteiger partial charge is 0.340 e. The molecule has 0 saturated carbocycles. The summed E-state index contributed by atoms with van der Waals surface area (Å²) < 4.78 is 0. The van der Waals surface area contributed by atoms with Crippen LogP contribution >= 0.6 is 0 Å². The highest BCUT2D eigenvalue weighted by Gasteiger charge is 2.22. The second kappa shape index (κ2) is 4.18. The standard InChI is InChI=1S/C9H14N2O2/c1-10(2)6-3-7-11-8(12)4-5-9(11)13/h4-5H,3,6-7H2,1-2H3/p+1. The fourth-order valence-corrected chi connectivity index (χ4v) is 1.24. The summed E-state index contributed by atoms with van der Waals surface area (Å²) in [5, 5.41) is 0. The van der Waals surface area contributed by atoms with E-state index in [0.717, 1.165) is 13.0 Å². The van der Waals surface area contributed by atoms with Gasteiger partial charge < -0.3 is 4.90 Å². The van der Waals surface area contributed by atoms with E-state index in [1.807, 2.05) is 14.1 Å². The second-order valence-corrected chi connectivity index (χ2v) is 3.47. The zero-order valence-corrected chi connectivity index (χ0v) is 8.04. The van der Waals surface area contributed by atoms with Gasteiger partial charge in [0.05, 0.1) is 20.6 Å². The summed E-state index contributed by atoms with van der Waals surface area (Å²) in [5.74, 6) is -0.363. The normalized spacial score (nSPS) is 16.4. The lowest BCUT2D eigenvalue weighted by Crippen LogP contribution is -3.05. The van der Waals surface area contributed by atoms with Crippen molar-refractivity contribution in [2.45, 2.75) is 6.42 Å². The number of nitrogens with zero attached hydrogens (tertiary/aromatic N) is 1. The Hall–Kier alpha value is -1.16. The van der Waals surface area contributed by atoms with Crippen LogP contribution in [0.1, 0.15) is 6.42 Å². The molecular weight excluding hydrogens is 168 g/mol. The van der Waals surface area contributed by atoms with Crippen molar-refractivity contribution >= 4 is 11.8 Å². The van der Waals surface area contributed by atoms with Crippen LogP contribution in [-0.4, -0.2) is 43.9 Å². The predicted octanol–water partition coefficient (Wildman–Crippen LogP) is -1.55. The van der Waals surface area contributed by atoms with Gasteiger partial charge in [-0.25, -0.2) is 0 Å². The summed E-state index contributed by atoms with van der Waals surface area (Å²) in [5.41, 5.74) is 0. The molecule has 0 aromatic carbocycles. The maximum Gasteiger partial charge on any atom is 0.253 e. The monoisotopic (exact) mass is 183 g/mol. The quantitative estimate of drug-likeness (QED) is 0.536. The second-order valence-electron chi connectivity index (χ2n) is 3.47. The van der Waals surface area contributed by atoms with Crippen molar-refractivity contribution in [2.24, 2.45) is 0 Å². The molecule has 1 rings (SSSR count). The van der Waals surface area contributed by atoms with Gasteiger partial charge in [-0.05, 0) is 0 Å². The number of quaternary nitrogens is 1. The highest BCUT2D eigenvalue weighted by molar-refractivity contribution is 6.12. The van der Waals surface area contributed by atoms with Crippen LogP contribution < -0.4 is 4.90 Å². The van der Waals surface area contributed by atoms with Gasteiger partial charge in [0.2, 0.25) is 0 Å². The van der Waals surface area contributed by atoms with Crippen molar-refractivity contribution in [1.82, 2.24) is 4.90 Å². The third kappa shape index (κ3) is 2.66. The van der Waals surface area contributed by atoms with E-state index in [-0.39, 0.29) is 11.8 Å². The van der Waals surface area contributed by atoms with E-state index in [1.54, 1.807) is 0 Å². The third-order valence-corrected chi connectivity index (χ3v) is 1.96. The van der Waals surface area contributed by atoms with Crippen LogP contribution in [0.3, 0.4) is 0 Å². The average molecular weight is 183 g/mol. The van der Waals surface area contributed by atoms with E-state index in [0.29, 0.717) is 6.54 Å². The van der Waals surface area contributed by atoms with E-state index in [2.05, 4.69) is 0 Å². The summed E-state index contributed by atoms with van der Waals surface area (Å²) >= 11 is 0. The molecule has 0 saturated heterocycles. The van der Waals surface area contributed by atoms with Crippen molar-refractivity contribution in [3.05, 3.63) is 12.2 Å². The van der Waals surface area contributed by atoms with Crippen molar-refractivity contribution in [1.29, 1.82) is 0 Å². The van der Waals surface area contributed by atoms with Gasteiger partial charge >= 0.3 is 0 Å². The summed E-state index contributed by atoms with van der Waals surface area (Å²) in [4.78, 5) is 24.8. The molecule has 0 unspecified atom stereocenters. The Morgan fingerprint density at radius 3 is 2.23 bits per heavy atom. The van der Waals surface area contributed by atoms with E-state index in [1.165, 1.54) is 22.0 Å². The Kier molecular flexibility index (Phi) is 3.19. The number of carbonyl (C=O) groups is 2. The number of rotatable bonds is 4. The Morgan fingerprint density at radius 1 is 1.23 bits per heavy atom. The number of amides is 2. The Morgan fingerprint density at radius 2 is 1.77 bits per heavy atom. The van der Waals surface area contributed by atoms with Crippen LogP contribution in [0.4, 0.5) is 0 Å². The molecule has 4 nitrogen and oxygen atoms in total. The third-order valence-electron chi connectivity index (χ3n) is 1.96. The Balaban J connectivity index is 2.30. The topological polar surface area (TPSA) is 41.8 Å². The lowest BCUT2D eigenvalue weighted by Gasteiger charge is -2.14. The number of carbonyl (C=O) groups excluding carboxylic acids is 2. The first-order valence-electron chi connectivity index (χ1n) is 4.44. The first-order valence-corrected chi connectivity index (χ1v) is 4.44. The zero-order chi connectivity index (χ0) is 9.84. The molecule has 0 spiro atoms. The SMILES string of the molecule is C[NH+](C)CCCN1C(=O)C=CC1=O. The number of hydrogen-bond acceptors (Lipinski definition) is 2. The van der Waals surface area contributed by atoms with Gasteiger partial charge in [-0.2, -0.15) is 0 Å². The molecule has 1 N–H and O–H groups in total. The molecule has 4 heteroatoms. The van der Waals surface area contributed by atoms with Gasteiger partial charge in [0.25, 0.3) is 11.8 Å². The van der Waals surface area contributed by atoms with Crippen LogP contribution in [0, 0.1) is 0 Å². The van der Waals surface area contributed by atoms with Gasteiger partial charge in [-0.15, -0.1) is 0 Å². The van der Waals surface area contributed by atoms with Crippen molar-refractivity contribution in [2.75, 3.05) is 27.2 Å². The maximum atomic E-state index is 11.1. The molecule has 0 aromatic rings. The minimum atomic E-state index is -0.182. The molecule has 0 aromatic heterocycles. The molecule has 0 atom stereocenters. The first kappa shape index (κ1) is 9.92. The van der Waals surface area contributed by atoms with Crippen molar-refractivity contribution in [3.8, 4) is 0 Å². The molecular formula is C9H15N2O2+. The minimum absolute atomic E-state index is 0.182. The minimum Gasteiger partial charge on any atom is -0.340 e. The maximum absolute atomic E-state index is 11.1. The smallest absolute Gasteiger partial charge is 0.253 e. The van der Waals surface area contributed by atoms with E-state index < -0.39 is 0 Å². The summed E-state index contributed by atoms with van der Waals surface area (Å²) in [7, 11) is 4.09. The molecule has 1 aliphatic heterocycles. The number of hydrogen-bond donors (Lipinski definition) is 1. The molecule has 72 valence electrons. The summed E-state index contributed by atoms with van der Waals surface area (Å²) in [6, 6.07) is 0. The molecule has 2 amide bonds.